The van der Waals surface area contributed by atoms with Crippen LogP contribution in [0.1, 0.15) is 43.1 Å². The number of nitrogens with one attached hydrogen (secondary N) is 1. The van der Waals surface area contributed by atoms with Gasteiger partial charge in [0.25, 0.3) is 11.5 Å². The molecule has 1 aromatic heterocycles. The van der Waals surface area contributed by atoms with E-state index in [0.717, 1.165) is 16.5 Å². The average molecular weight is 612 g/mol. The Morgan fingerprint density at radius 1 is 1.21 bits per heavy atom. The first-order valence-corrected chi connectivity index (χ1v) is 13.5. The van der Waals surface area contributed by atoms with E-state index >= 15 is 0 Å². The van der Waals surface area contributed by atoms with Gasteiger partial charge in [-0.3, -0.25) is 9.59 Å². The Balaban J connectivity index is 1.60. The molecule has 1 N–H and O–H groups in total. The summed E-state index contributed by atoms with van der Waals surface area (Å²) in [5.41, 5.74) is 2.68. The van der Waals surface area contributed by atoms with E-state index in [0.29, 0.717) is 33.7 Å². The Kier molecular flexibility index (Phi) is 9.04. The molecule has 1 amide bonds. The highest BCUT2D eigenvalue weighted by atomic mass is 79.9. The summed E-state index contributed by atoms with van der Waals surface area (Å²) >= 11 is 9.92. The molecule has 0 saturated heterocycles. The number of carbonyl (C=O) groups excluding carboxylic acids is 1. The van der Waals surface area contributed by atoms with Crippen LogP contribution in [0.3, 0.4) is 0 Å². The van der Waals surface area contributed by atoms with E-state index in [9.17, 15) is 9.59 Å². The normalized spacial score (nSPS) is 12.1. The third-order valence-corrected chi connectivity index (χ3v) is 6.92. The van der Waals surface area contributed by atoms with Gasteiger partial charge in [-0.25, -0.2) is 4.98 Å². The van der Waals surface area contributed by atoms with Gasteiger partial charge < -0.3 is 14.8 Å². The number of anilines is 1. The molecule has 0 radical (unpaired) electrons. The fourth-order valence-electron chi connectivity index (χ4n) is 3.83. The number of aryl methyl sites for hydroxylation is 1. The predicted molar refractivity (Wildman–Crippen MR) is 159 cm³/mol. The van der Waals surface area contributed by atoms with Crippen LogP contribution in [0.4, 0.5) is 5.69 Å². The number of carbonyl (C=O) groups is 1. The van der Waals surface area contributed by atoms with Gasteiger partial charge in [0, 0.05) is 16.1 Å². The summed E-state index contributed by atoms with van der Waals surface area (Å²) in [6.07, 6.45) is 2.30. The summed E-state index contributed by atoms with van der Waals surface area (Å²) < 4.78 is 13.3. The summed E-state index contributed by atoms with van der Waals surface area (Å²) in [5, 5.41) is 7.94. The van der Waals surface area contributed by atoms with Crippen molar-refractivity contribution in [3.05, 3.63) is 91.4 Å². The van der Waals surface area contributed by atoms with Gasteiger partial charge in [0.05, 0.1) is 29.2 Å². The number of hydrogen-bond donors (Lipinski definition) is 1. The van der Waals surface area contributed by atoms with E-state index in [1.165, 1.54) is 18.0 Å². The molecule has 0 aliphatic heterocycles. The van der Waals surface area contributed by atoms with Crippen molar-refractivity contribution < 1.29 is 14.3 Å². The van der Waals surface area contributed by atoms with Crippen LogP contribution in [0.15, 0.2) is 69.0 Å². The number of aromatic nitrogens is 2. The predicted octanol–water partition coefficient (Wildman–Crippen LogP) is 6.54. The zero-order chi connectivity index (χ0) is 28.1. The maximum Gasteiger partial charge on any atom is 0.282 e. The fourth-order valence-corrected chi connectivity index (χ4v) is 4.46. The van der Waals surface area contributed by atoms with Crippen molar-refractivity contribution in [1.82, 2.24) is 9.66 Å². The van der Waals surface area contributed by atoms with Crippen molar-refractivity contribution in [1.29, 1.82) is 0 Å². The van der Waals surface area contributed by atoms with Crippen LogP contribution in [-0.2, 0) is 4.79 Å². The van der Waals surface area contributed by atoms with Gasteiger partial charge in [0.15, 0.2) is 18.1 Å². The first-order valence-electron chi connectivity index (χ1n) is 12.3. The number of rotatable bonds is 9. The monoisotopic (exact) mass is 610 g/mol. The average Bonchev–Trinajstić information content (AvgIpc) is 2.92. The molecular formula is C29H28BrClN4O4. The molecule has 4 aromatic rings. The van der Waals surface area contributed by atoms with Gasteiger partial charge in [-0.15, -0.1) is 0 Å². The van der Waals surface area contributed by atoms with Crippen LogP contribution in [0.25, 0.3) is 10.9 Å². The summed E-state index contributed by atoms with van der Waals surface area (Å²) in [6, 6.07) is 16.1. The van der Waals surface area contributed by atoms with Gasteiger partial charge in [0.2, 0.25) is 0 Å². The molecule has 0 aliphatic carbocycles. The zero-order valence-electron chi connectivity index (χ0n) is 22.0. The minimum absolute atomic E-state index is 0.00264. The van der Waals surface area contributed by atoms with E-state index in [2.05, 4.69) is 26.3 Å². The van der Waals surface area contributed by atoms with Gasteiger partial charge in [0.1, 0.15) is 5.82 Å². The van der Waals surface area contributed by atoms with Crippen molar-refractivity contribution in [3.63, 3.8) is 0 Å². The SMILES string of the molecule is CC[C@@H](C)c1nc2ccc(Br)cc2c(=O)n1N=Cc1cc(Cl)c(OCC(=O)Nc2ccc(C)cc2)c(OC)c1. The smallest absolute Gasteiger partial charge is 0.282 e. The zero-order valence-corrected chi connectivity index (χ0v) is 24.3. The molecule has 1 heterocycles. The molecule has 39 heavy (non-hydrogen) atoms. The second kappa shape index (κ2) is 12.4. The van der Waals surface area contributed by atoms with E-state index in [4.69, 9.17) is 26.1 Å². The van der Waals surface area contributed by atoms with Gasteiger partial charge in [-0.1, -0.05) is 59.1 Å². The molecule has 0 spiro atoms. The number of fused-ring (bicyclic) bond motifs is 1. The molecular weight excluding hydrogens is 584 g/mol. The second-order valence-corrected chi connectivity index (χ2v) is 10.4. The van der Waals surface area contributed by atoms with Crippen molar-refractivity contribution in [2.45, 2.75) is 33.1 Å². The molecule has 4 rings (SSSR count). The second-order valence-electron chi connectivity index (χ2n) is 9.04. The highest BCUT2D eigenvalue weighted by Gasteiger charge is 2.17. The topological polar surface area (TPSA) is 94.8 Å². The first kappa shape index (κ1) is 28.3. The molecule has 1 atom stereocenters. The lowest BCUT2D eigenvalue weighted by atomic mass is 10.1. The maximum atomic E-state index is 13.4. The molecule has 8 nitrogen and oxygen atoms in total. The Bertz CT molecular complexity index is 1600. The largest absolute Gasteiger partial charge is 0.493 e. The summed E-state index contributed by atoms with van der Waals surface area (Å²) in [7, 11) is 1.47. The molecule has 0 bridgehead atoms. The van der Waals surface area contributed by atoms with Crippen LogP contribution in [-0.4, -0.2) is 35.5 Å². The van der Waals surface area contributed by atoms with Crippen LogP contribution in [0.5, 0.6) is 11.5 Å². The molecule has 10 heteroatoms. The molecule has 0 aliphatic rings. The Morgan fingerprint density at radius 2 is 1.95 bits per heavy atom. The lowest BCUT2D eigenvalue weighted by Gasteiger charge is -2.15. The molecule has 0 saturated carbocycles. The number of nitrogens with zero attached hydrogens (tertiary/aromatic N) is 3. The summed E-state index contributed by atoms with van der Waals surface area (Å²) in [6.45, 7) is 5.74. The summed E-state index contributed by atoms with van der Waals surface area (Å²) in [4.78, 5) is 30.5. The van der Waals surface area contributed by atoms with E-state index in [1.54, 1.807) is 18.2 Å². The molecule has 3 aromatic carbocycles. The number of halogens is 2. The molecule has 202 valence electrons. The van der Waals surface area contributed by atoms with Crippen LogP contribution in [0, 0.1) is 6.92 Å². The standard InChI is InChI=1S/C29H28BrClN4O4/c1-5-18(3)28-34-24-11-8-20(30)14-22(24)29(37)35(28)32-15-19-12-23(31)27(25(13-19)38-4)39-16-26(36)33-21-9-6-17(2)7-10-21/h6-15,18H,5,16H2,1-4H3,(H,33,36)/t18-/m1/s1. The molecule has 0 unspecified atom stereocenters. The third-order valence-electron chi connectivity index (χ3n) is 6.14. The highest BCUT2D eigenvalue weighted by Crippen LogP contribution is 2.36. The number of methoxy groups -OCH3 is 1. The lowest BCUT2D eigenvalue weighted by Crippen LogP contribution is -2.23. The van der Waals surface area contributed by atoms with E-state index < -0.39 is 0 Å². The van der Waals surface area contributed by atoms with Crippen molar-refractivity contribution in [2.24, 2.45) is 5.10 Å². The van der Waals surface area contributed by atoms with Crippen LogP contribution >= 0.6 is 27.5 Å². The van der Waals surface area contributed by atoms with Gasteiger partial charge in [-0.05, 0) is 61.4 Å². The van der Waals surface area contributed by atoms with Gasteiger partial charge >= 0.3 is 0 Å². The third kappa shape index (κ3) is 6.66. The minimum Gasteiger partial charge on any atom is -0.493 e. The summed E-state index contributed by atoms with van der Waals surface area (Å²) in [5.74, 6) is 0.774. The first-order chi connectivity index (χ1) is 18.7. The van der Waals surface area contributed by atoms with Crippen LogP contribution < -0.4 is 20.3 Å². The van der Waals surface area contributed by atoms with Crippen LogP contribution in [0.2, 0.25) is 5.02 Å². The maximum absolute atomic E-state index is 13.4. The fraction of sp³-hybridized carbons (Fsp3) is 0.241. The Labute approximate surface area is 239 Å². The van der Waals surface area contributed by atoms with Crippen molar-refractivity contribution in [2.75, 3.05) is 19.0 Å². The Morgan fingerprint density at radius 3 is 2.64 bits per heavy atom. The van der Waals surface area contributed by atoms with Crippen molar-refractivity contribution in [3.8, 4) is 11.5 Å². The van der Waals surface area contributed by atoms with Gasteiger partial charge in [-0.2, -0.15) is 9.78 Å². The molecule has 0 fully saturated rings. The Hall–Kier alpha value is -3.69. The minimum atomic E-state index is -0.338. The quantitative estimate of drug-likeness (QED) is 0.217. The number of benzene rings is 3. The lowest BCUT2D eigenvalue weighted by molar-refractivity contribution is -0.118. The number of hydrogen-bond acceptors (Lipinski definition) is 6. The number of amides is 1. The van der Waals surface area contributed by atoms with Crippen molar-refractivity contribution >= 4 is 56.2 Å². The number of ether oxygens (including phenoxy) is 2. The van der Waals surface area contributed by atoms with E-state index in [-0.39, 0.29) is 34.8 Å². The van der Waals surface area contributed by atoms with E-state index in [1.807, 2.05) is 57.2 Å². The highest BCUT2D eigenvalue weighted by molar-refractivity contribution is 9.10.